The fraction of sp³-hybridized carbons (Fsp3) is 0.357. The summed E-state index contributed by atoms with van der Waals surface area (Å²) in [7, 11) is 12.2. The molecule has 0 N–H and O–H groups in total. The Labute approximate surface area is 418 Å². The van der Waals surface area contributed by atoms with Crippen LogP contribution in [0.4, 0.5) is 0 Å². The predicted octanol–water partition coefficient (Wildman–Crippen LogP) is 13.2. The molecule has 10 aromatic heterocycles. The van der Waals surface area contributed by atoms with Crippen LogP contribution in [0.25, 0.3) is 0 Å². The van der Waals surface area contributed by atoms with Crippen LogP contribution in [0.3, 0.4) is 0 Å². The Balaban J connectivity index is 0.000000389. The van der Waals surface area contributed by atoms with Gasteiger partial charge in [0, 0.05) is 137 Å². The summed E-state index contributed by atoms with van der Waals surface area (Å²) in [5.41, 5.74) is 15.7. The maximum absolute atomic E-state index is 4.71. The van der Waals surface area contributed by atoms with Gasteiger partial charge in [0.25, 0.3) is 0 Å². The molecule has 14 heteroatoms. The molecule has 10 rings (SSSR count). The summed E-state index contributed by atoms with van der Waals surface area (Å²) in [5.74, 6) is 0.873. The van der Waals surface area contributed by atoms with E-state index in [9.17, 15) is 0 Å². The highest BCUT2D eigenvalue weighted by Crippen LogP contribution is 2.05. The molecule has 0 atom stereocenters. The smallest absolute Gasteiger partial charge is 0.133 e. The molecule has 70 heavy (non-hydrogen) atoms. The van der Waals surface area contributed by atoms with E-state index in [0.717, 1.165) is 34.0 Å². The first-order chi connectivity index (χ1) is 33.0. The summed E-state index contributed by atoms with van der Waals surface area (Å²) in [4.78, 5) is 0. The topological polar surface area (TPSA) is 134 Å². The SMILES string of the molecule is Cc1cc(C)n(C)c1.Cc1cc(C)on1.Cc1ccc(C)n1C.Cc1cccn1C.Cc1ccn(C)c1.Cc1ccn(C)c1C.Cc1ccon1.Cc1cnoc1.Cc1conc1C.Cn1cccc1. The summed E-state index contributed by atoms with van der Waals surface area (Å²) in [6.07, 6.45) is 20.8. The van der Waals surface area contributed by atoms with Gasteiger partial charge in [-0.05, 0) is 168 Å². The molecule has 0 saturated heterocycles. The molecule has 0 aliphatic carbocycles. The number of aromatic nitrogens is 10. The zero-order valence-corrected chi connectivity index (χ0v) is 45.8. The van der Waals surface area contributed by atoms with Gasteiger partial charge in [-0.1, -0.05) is 20.6 Å². The van der Waals surface area contributed by atoms with Gasteiger partial charge in [0.15, 0.2) is 0 Å². The second kappa shape index (κ2) is 33.1. The van der Waals surface area contributed by atoms with E-state index in [1.807, 2.05) is 121 Å². The van der Waals surface area contributed by atoms with Crippen LogP contribution in [0.2, 0.25) is 0 Å². The minimum absolute atomic E-state index is 0.873. The van der Waals surface area contributed by atoms with Gasteiger partial charge in [-0.2, -0.15) is 0 Å². The molecular weight excluding hydrogens is 877 g/mol. The first-order valence-corrected chi connectivity index (χ1v) is 23.0. The molecule has 14 nitrogen and oxygen atoms in total. The molecule has 380 valence electrons. The zero-order chi connectivity index (χ0) is 52.8. The van der Waals surface area contributed by atoms with Crippen LogP contribution in [0.1, 0.15) is 79.1 Å². The quantitative estimate of drug-likeness (QED) is 0.147. The van der Waals surface area contributed by atoms with Gasteiger partial charge in [-0.3, -0.25) is 0 Å². The predicted molar refractivity (Wildman–Crippen MR) is 285 cm³/mol. The summed E-state index contributed by atoms with van der Waals surface area (Å²) in [6.45, 7) is 28.3. The van der Waals surface area contributed by atoms with Crippen molar-refractivity contribution in [1.82, 2.24) is 48.0 Å². The van der Waals surface area contributed by atoms with Gasteiger partial charge in [0.2, 0.25) is 0 Å². The maximum atomic E-state index is 4.71. The third-order valence-electron chi connectivity index (χ3n) is 10.5. The average molecular weight is 959 g/mol. The number of nitrogens with zero attached hydrogens (tertiary/aromatic N) is 10. The molecule has 0 amide bonds. The minimum atomic E-state index is 0.873. The van der Waals surface area contributed by atoms with E-state index in [1.54, 1.807) is 31.1 Å². The number of hydrogen-bond donors (Lipinski definition) is 0. The Hall–Kier alpha value is -7.48. The monoisotopic (exact) mass is 959 g/mol. The fourth-order valence-corrected chi connectivity index (χ4v) is 5.33. The standard InChI is InChI=1S/3C7H11N.2C6H9N.2C5H7NO.C5H7N.2C4H5NO/c1-6-4-7(2)8(3)5-6;1-6-4-5-8(3)7(6)2;1-6-4-5-7(2)8(6)3;1-6-3-4-7(2)5-6;1-6-4-3-5-7(6)2;1-4-3-7-6-5(4)2;1-4-3-5(2)7-6-4;1-6-4-2-3-5-6;1-4-2-5-6-3-4;1-4-2-3-6-5-4/h3*4-5H,1-3H3;2*3-5H,1-2H3;2*3H,1-2H3;2-5H,1H3;2*2-3H,1H3. The van der Waals surface area contributed by atoms with Crippen LogP contribution in [-0.2, 0) is 42.3 Å². The Morgan fingerprint density at radius 3 is 1.23 bits per heavy atom. The van der Waals surface area contributed by atoms with Crippen LogP contribution >= 0.6 is 0 Å². The van der Waals surface area contributed by atoms with Gasteiger partial charge in [0.1, 0.15) is 24.5 Å². The largest absolute Gasteiger partial charge is 0.365 e. The molecule has 0 aromatic carbocycles. The first-order valence-electron chi connectivity index (χ1n) is 23.0. The van der Waals surface area contributed by atoms with E-state index in [4.69, 9.17) is 4.52 Å². The molecule has 0 aliphatic rings. The molecule has 0 fully saturated rings. The first kappa shape index (κ1) is 60.5. The summed E-state index contributed by atoms with van der Waals surface area (Å²) in [5, 5.41) is 14.3. The third kappa shape index (κ3) is 26.8. The van der Waals surface area contributed by atoms with Crippen LogP contribution < -0.4 is 0 Å². The van der Waals surface area contributed by atoms with Gasteiger partial charge >= 0.3 is 0 Å². The van der Waals surface area contributed by atoms with E-state index in [2.05, 4.69) is 184 Å². The number of rotatable bonds is 0. The molecular formula is C56H82N10O4. The molecule has 0 aliphatic heterocycles. The van der Waals surface area contributed by atoms with Crippen molar-refractivity contribution < 1.29 is 18.1 Å². The highest BCUT2D eigenvalue weighted by molar-refractivity contribution is 5.18. The molecule has 10 aromatic rings. The van der Waals surface area contributed by atoms with Crippen LogP contribution in [0.5, 0.6) is 0 Å². The van der Waals surface area contributed by atoms with Crippen molar-refractivity contribution in [1.29, 1.82) is 0 Å². The van der Waals surface area contributed by atoms with Gasteiger partial charge in [-0.25, -0.2) is 0 Å². The average Bonchev–Trinajstić information content (AvgIpc) is 4.18. The Kier molecular flexibility index (Phi) is 28.6. The second-order valence-corrected chi connectivity index (χ2v) is 17.1. The van der Waals surface area contributed by atoms with Gasteiger partial charge < -0.3 is 45.5 Å². The van der Waals surface area contributed by atoms with Gasteiger partial charge in [0.05, 0.1) is 23.3 Å². The molecule has 0 bridgehead atoms. The van der Waals surface area contributed by atoms with Crippen molar-refractivity contribution in [2.45, 2.75) is 96.9 Å². The molecule has 0 saturated carbocycles. The van der Waals surface area contributed by atoms with Crippen molar-refractivity contribution in [3.8, 4) is 0 Å². The lowest BCUT2D eigenvalue weighted by Gasteiger charge is -1.96. The highest BCUT2D eigenvalue weighted by atomic mass is 16.5. The lowest BCUT2D eigenvalue weighted by Crippen LogP contribution is -1.91. The van der Waals surface area contributed by atoms with Crippen molar-refractivity contribution in [3.05, 3.63) is 214 Å². The molecule has 0 spiro atoms. The summed E-state index contributed by atoms with van der Waals surface area (Å²) < 4.78 is 30.8. The molecule has 0 radical (unpaired) electrons. The normalized spacial score (nSPS) is 9.43. The maximum Gasteiger partial charge on any atom is 0.133 e. The van der Waals surface area contributed by atoms with E-state index in [0.29, 0.717) is 0 Å². The summed E-state index contributed by atoms with van der Waals surface area (Å²) in [6, 6.07) is 22.4. The van der Waals surface area contributed by atoms with E-state index >= 15 is 0 Å². The molecule has 0 unspecified atom stereocenters. The second-order valence-electron chi connectivity index (χ2n) is 17.1. The minimum Gasteiger partial charge on any atom is -0.365 e. The lowest BCUT2D eigenvalue weighted by atomic mass is 10.3. The van der Waals surface area contributed by atoms with Crippen LogP contribution in [0.15, 0.2) is 153 Å². The molecule has 10 heterocycles. The van der Waals surface area contributed by atoms with E-state index in [1.165, 1.54) is 45.2 Å². The zero-order valence-electron chi connectivity index (χ0n) is 45.8. The van der Waals surface area contributed by atoms with Crippen molar-refractivity contribution in [2.75, 3.05) is 0 Å². The fourth-order valence-electron chi connectivity index (χ4n) is 5.33. The number of aryl methyl sites for hydroxylation is 18. The van der Waals surface area contributed by atoms with Crippen LogP contribution in [0, 0.1) is 96.9 Å². The summed E-state index contributed by atoms with van der Waals surface area (Å²) >= 11 is 0. The lowest BCUT2D eigenvalue weighted by molar-refractivity contribution is 0.393. The van der Waals surface area contributed by atoms with Crippen LogP contribution in [-0.4, -0.2) is 48.0 Å². The Morgan fingerprint density at radius 2 is 1.09 bits per heavy atom. The Morgan fingerprint density at radius 1 is 0.429 bits per heavy atom. The van der Waals surface area contributed by atoms with Crippen molar-refractivity contribution in [3.63, 3.8) is 0 Å². The van der Waals surface area contributed by atoms with E-state index < -0.39 is 0 Å². The van der Waals surface area contributed by atoms with Gasteiger partial charge in [-0.15, -0.1) is 0 Å². The van der Waals surface area contributed by atoms with E-state index in [-0.39, 0.29) is 0 Å². The van der Waals surface area contributed by atoms with Crippen molar-refractivity contribution >= 4 is 0 Å². The highest BCUT2D eigenvalue weighted by Gasteiger charge is 1.94. The Bertz CT molecular complexity index is 2460. The third-order valence-corrected chi connectivity index (χ3v) is 10.5. The number of hydrogen-bond acceptors (Lipinski definition) is 8. The van der Waals surface area contributed by atoms with Crippen molar-refractivity contribution in [2.24, 2.45) is 42.3 Å².